The Morgan fingerprint density at radius 3 is 2.36 bits per heavy atom. The third-order valence-electron chi connectivity index (χ3n) is 4.87. The molecule has 0 radical (unpaired) electrons. The van der Waals surface area contributed by atoms with Crippen LogP contribution < -0.4 is 10.1 Å². The summed E-state index contributed by atoms with van der Waals surface area (Å²) in [7, 11) is 1.45. The number of phenolic OH excluding ortho intramolecular Hbond substituents is 1. The molecule has 0 saturated carbocycles. The molecule has 0 aliphatic rings. The summed E-state index contributed by atoms with van der Waals surface area (Å²) < 4.78 is 5.29. The fraction of sp³-hybridized carbons (Fsp3) is 0.154. The molecule has 0 aliphatic carbocycles. The Kier molecular flexibility index (Phi) is 7.70. The van der Waals surface area contributed by atoms with Gasteiger partial charge in [-0.3, -0.25) is 9.59 Å². The molecular formula is C26H25N3O4. The molecule has 0 spiro atoms. The van der Waals surface area contributed by atoms with E-state index >= 15 is 0 Å². The molecule has 0 fully saturated rings. The number of nitrogens with zero attached hydrogens (tertiary/aromatic N) is 2. The van der Waals surface area contributed by atoms with Gasteiger partial charge in [0.05, 0.1) is 18.4 Å². The first-order chi connectivity index (χ1) is 15.9. The number of carbonyl (C=O) groups excluding carboxylic acids is 2. The maximum absolute atomic E-state index is 12.8. The number of phenols is 1. The zero-order valence-electron chi connectivity index (χ0n) is 18.5. The zero-order chi connectivity index (χ0) is 23.8. The molecule has 0 unspecified atom stereocenters. The number of hydrogen-bond donors (Lipinski definition) is 2. The molecule has 0 atom stereocenters. The summed E-state index contributed by atoms with van der Waals surface area (Å²) in [4.78, 5) is 24.3. The van der Waals surface area contributed by atoms with Gasteiger partial charge in [-0.1, -0.05) is 49.0 Å². The smallest absolute Gasteiger partial charge is 0.246 e. The minimum Gasteiger partial charge on any atom is -0.507 e. The first-order valence-corrected chi connectivity index (χ1v) is 10.3. The van der Waals surface area contributed by atoms with Gasteiger partial charge in [0.15, 0.2) is 5.78 Å². The van der Waals surface area contributed by atoms with Crippen molar-refractivity contribution in [2.24, 2.45) is 10.2 Å². The van der Waals surface area contributed by atoms with Gasteiger partial charge in [-0.2, -0.15) is 5.11 Å². The predicted octanol–water partition coefficient (Wildman–Crippen LogP) is 5.28. The lowest BCUT2D eigenvalue weighted by Gasteiger charge is -2.09. The van der Waals surface area contributed by atoms with Crippen LogP contribution in [0.1, 0.15) is 28.4 Å². The Hall–Kier alpha value is -4.26. The van der Waals surface area contributed by atoms with Gasteiger partial charge in [0.2, 0.25) is 5.91 Å². The second kappa shape index (κ2) is 10.9. The lowest BCUT2D eigenvalue weighted by molar-refractivity contribution is -0.117. The third-order valence-corrected chi connectivity index (χ3v) is 4.87. The maximum Gasteiger partial charge on any atom is 0.246 e. The Labute approximate surface area is 192 Å². The lowest BCUT2D eigenvalue weighted by Crippen LogP contribution is -2.25. The van der Waals surface area contributed by atoms with E-state index in [1.807, 2.05) is 30.3 Å². The number of ketones is 1. The molecule has 3 aromatic carbocycles. The first-order valence-electron chi connectivity index (χ1n) is 10.3. The van der Waals surface area contributed by atoms with Gasteiger partial charge in [0.25, 0.3) is 0 Å². The van der Waals surface area contributed by atoms with E-state index in [2.05, 4.69) is 22.1 Å². The minimum absolute atomic E-state index is 0.114. The zero-order valence-corrected chi connectivity index (χ0v) is 18.5. The number of azo groups is 1. The van der Waals surface area contributed by atoms with E-state index in [1.165, 1.54) is 19.2 Å². The summed E-state index contributed by atoms with van der Waals surface area (Å²) in [6, 6.07) is 18.9. The van der Waals surface area contributed by atoms with Crippen LogP contribution in [0.5, 0.6) is 11.5 Å². The van der Waals surface area contributed by atoms with Crippen molar-refractivity contribution in [3.8, 4) is 11.5 Å². The number of aromatic hydroxyl groups is 1. The van der Waals surface area contributed by atoms with Gasteiger partial charge in [-0.05, 0) is 37.1 Å². The molecule has 2 N–H and O–H groups in total. The van der Waals surface area contributed by atoms with Crippen molar-refractivity contribution in [3.63, 3.8) is 0 Å². The first kappa shape index (κ1) is 23.4. The number of nitrogens with one attached hydrogen (secondary N) is 1. The quantitative estimate of drug-likeness (QED) is 0.267. The molecule has 0 bridgehead atoms. The van der Waals surface area contributed by atoms with Gasteiger partial charge in [-0.15, -0.1) is 5.11 Å². The highest BCUT2D eigenvalue weighted by Gasteiger charge is 2.17. The summed E-state index contributed by atoms with van der Waals surface area (Å²) in [5.41, 5.74) is 3.01. The average molecular weight is 444 g/mol. The van der Waals surface area contributed by atoms with Gasteiger partial charge in [-0.25, -0.2) is 0 Å². The number of hydrogen-bond acceptors (Lipinski definition) is 6. The van der Waals surface area contributed by atoms with Gasteiger partial charge in [0.1, 0.15) is 17.2 Å². The van der Waals surface area contributed by atoms with Crippen LogP contribution in [0, 0.1) is 0 Å². The molecule has 1 amide bonds. The highest BCUT2D eigenvalue weighted by atomic mass is 16.5. The van der Waals surface area contributed by atoms with Crippen LogP contribution in [-0.4, -0.2) is 30.5 Å². The van der Waals surface area contributed by atoms with Crippen molar-refractivity contribution in [1.29, 1.82) is 0 Å². The molecule has 33 heavy (non-hydrogen) atoms. The molecule has 7 nitrogen and oxygen atoms in total. The molecule has 3 aromatic rings. The molecule has 0 saturated heterocycles. The molecule has 0 heterocycles. The van der Waals surface area contributed by atoms with E-state index in [4.69, 9.17) is 4.74 Å². The lowest BCUT2D eigenvalue weighted by atomic mass is 10.0. The highest BCUT2D eigenvalue weighted by Crippen LogP contribution is 2.36. The van der Waals surface area contributed by atoms with Gasteiger partial charge >= 0.3 is 0 Å². The van der Waals surface area contributed by atoms with Gasteiger partial charge < -0.3 is 15.2 Å². The number of benzene rings is 3. The number of methoxy groups -OCH3 is 1. The Morgan fingerprint density at radius 1 is 1.03 bits per heavy atom. The van der Waals surface area contributed by atoms with Crippen molar-refractivity contribution in [1.82, 2.24) is 5.32 Å². The average Bonchev–Trinajstić information content (AvgIpc) is 2.83. The number of rotatable bonds is 9. The summed E-state index contributed by atoms with van der Waals surface area (Å²) in [5, 5.41) is 21.6. The number of amides is 1. The van der Waals surface area contributed by atoms with Gasteiger partial charge in [0, 0.05) is 23.7 Å². The van der Waals surface area contributed by atoms with Crippen LogP contribution in [0.3, 0.4) is 0 Å². The molecule has 7 heteroatoms. The number of ether oxygens (including phenoxy) is 1. The van der Waals surface area contributed by atoms with Crippen molar-refractivity contribution < 1.29 is 19.4 Å². The fourth-order valence-corrected chi connectivity index (χ4v) is 3.04. The van der Waals surface area contributed by atoms with E-state index in [9.17, 15) is 14.7 Å². The summed E-state index contributed by atoms with van der Waals surface area (Å²) in [6.45, 7) is 5.78. The topological polar surface area (TPSA) is 100 Å². The summed E-state index contributed by atoms with van der Waals surface area (Å²) in [6.07, 6.45) is 0.674. The van der Waals surface area contributed by atoms with E-state index in [-0.39, 0.29) is 23.0 Å². The number of carbonyl (C=O) groups is 2. The summed E-state index contributed by atoms with van der Waals surface area (Å²) in [5.74, 6) is -0.378. The summed E-state index contributed by atoms with van der Waals surface area (Å²) >= 11 is 0. The second-order valence-corrected chi connectivity index (χ2v) is 7.39. The van der Waals surface area contributed by atoms with Crippen LogP contribution in [0.2, 0.25) is 0 Å². The molecule has 168 valence electrons. The molecule has 3 rings (SSSR count). The Morgan fingerprint density at radius 2 is 1.73 bits per heavy atom. The predicted molar refractivity (Wildman–Crippen MR) is 127 cm³/mol. The largest absolute Gasteiger partial charge is 0.507 e. The third kappa shape index (κ3) is 6.13. The van der Waals surface area contributed by atoms with E-state index in [0.29, 0.717) is 41.2 Å². The van der Waals surface area contributed by atoms with Crippen LogP contribution in [0.25, 0.3) is 0 Å². The van der Waals surface area contributed by atoms with Crippen LogP contribution >= 0.6 is 0 Å². The normalized spacial score (nSPS) is 10.7. The monoisotopic (exact) mass is 443 g/mol. The van der Waals surface area contributed by atoms with Crippen molar-refractivity contribution in [3.05, 3.63) is 95.6 Å². The standard InChI is InChI=1S/C26H25N3O4/c1-17(2)26(32)27-14-13-18-9-11-20(12-10-18)28-29-22-15-21(23(30)16-24(22)33-3)25(31)19-7-5-4-6-8-19/h4-12,15-16,30H,1,13-14H2,2-3H3,(H,27,32). The Bertz CT molecular complexity index is 1190. The van der Waals surface area contributed by atoms with E-state index in [1.54, 1.807) is 31.2 Å². The fourth-order valence-electron chi connectivity index (χ4n) is 3.04. The van der Waals surface area contributed by atoms with Crippen molar-refractivity contribution in [2.75, 3.05) is 13.7 Å². The van der Waals surface area contributed by atoms with Crippen LogP contribution in [0.4, 0.5) is 11.4 Å². The Balaban J connectivity index is 1.75. The second-order valence-electron chi connectivity index (χ2n) is 7.39. The van der Waals surface area contributed by atoms with E-state index < -0.39 is 0 Å². The SMILES string of the molecule is C=C(C)C(=O)NCCc1ccc(N=Nc2cc(C(=O)c3ccccc3)c(O)cc2OC)cc1. The molecule has 0 aromatic heterocycles. The molecular weight excluding hydrogens is 418 g/mol. The molecule has 0 aliphatic heterocycles. The van der Waals surface area contributed by atoms with Crippen molar-refractivity contribution >= 4 is 23.1 Å². The van der Waals surface area contributed by atoms with E-state index in [0.717, 1.165) is 5.56 Å². The van der Waals surface area contributed by atoms with Crippen LogP contribution in [0.15, 0.2) is 89.1 Å². The maximum atomic E-state index is 12.8. The highest BCUT2D eigenvalue weighted by molar-refractivity contribution is 6.11. The minimum atomic E-state index is -0.324. The van der Waals surface area contributed by atoms with Crippen molar-refractivity contribution in [2.45, 2.75) is 13.3 Å². The van der Waals surface area contributed by atoms with Crippen LogP contribution in [-0.2, 0) is 11.2 Å².